The molecule has 0 amide bonds. The summed E-state index contributed by atoms with van der Waals surface area (Å²) in [5, 5.41) is 9.90. The van der Waals surface area contributed by atoms with Crippen molar-refractivity contribution >= 4 is 11.8 Å². The number of esters is 1. The Morgan fingerprint density at radius 1 is 1.30 bits per heavy atom. The van der Waals surface area contributed by atoms with Crippen molar-refractivity contribution in [1.82, 2.24) is 0 Å². The number of rotatable bonds is 3. The summed E-state index contributed by atoms with van der Waals surface area (Å²) < 4.78 is 5.33. The molecule has 0 spiro atoms. The second-order valence-electron chi connectivity index (χ2n) is 4.96. The summed E-state index contributed by atoms with van der Waals surface area (Å²) in [4.78, 5) is 23.8. The van der Waals surface area contributed by atoms with Crippen molar-refractivity contribution in [3.63, 3.8) is 0 Å². The molecule has 1 aromatic rings. The van der Waals surface area contributed by atoms with Crippen molar-refractivity contribution in [3.05, 3.63) is 53.8 Å². The van der Waals surface area contributed by atoms with E-state index in [1.807, 2.05) is 0 Å². The monoisotopic (exact) mass is 272 g/mol. The summed E-state index contributed by atoms with van der Waals surface area (Å²) in [6, 6.07) is 6.56. The number of ether oxygens (including phenoxy) is 1. The van der Waals surface area contributed by atoms with E-state index in [0.717, 1.165) is 0 Å². The summed E-state index contributed by atoms with van der Waals surface area (Å²) in [5.41, 5.74) is -0.766. The van der Waals surface area contributed by atoms with Crippen LogP contribution in [0.5, 0.6) is 5.75 Å². The number of Topliss-reactive ketones (excluding diaryl/α,β-unsaturated/α-hetero) is 1. The van der Waals surface area contributed by atoms with Crippen LogP contribution in [0.25, 0.3) is 0 Å². The molecule has 0 saturated heterocycles. The van der Waals surface area contributed by atoms with E-state index in [9.17, 15) is 14.7 Å². The number of hydrogen-bond donors (Lipinski definition) is 1. The molecule has 104 valence electrons. The molecule has 4 nitrogen and oxygen atoms in total. The zero-order valence-corrected chi connectivity index (χ0v) is 11.4. The zero-order chi connectivity index (χ0) is 14.8. The van der Waals surface area contributed by atoms with E-state index in [4.69, 9.17) is 4.74 Å². The molecule has 1 aromatic carbocycles. The van der Waals surface area contributed by atoms with Gasteiger partial charge in [-0.1, -0.05) is 24.3 Å². The van der Waals surface area contributed by atoms with E-state index in [2.05, 4.69) is 0 Å². The van der Waals surface area contributed by atoms with Crippen LogP contribution in [0, 0.1) is 5.41 Å². The Morgan fingerprint density at radius 3 is 2.65 bits per heavy atom. The van der Waals surface area contributed by atoms with E-state index in [0.29, 0.717) is 12.0 Å². The number of aliphatic hydroxyl groups excluding tert-OH is 1. The smallest absolute Gasteiger partial charge is 0.325 e. The number of benzene rings is 1. The number of para-hydroxylation sites is 1. The third-order valence-electron chi connectivity index (χ3n) is 3.40. The number of allylic oxidation sites excluding steroid dienone is 3. The molecule has 0 aliphatic heterocycles. The van der Waals surface area contributed by atoms with Gasteiger partial charge in [0.05, 0.1) is 5.56 Å². The molecule has 1 unspecified atom stereocenters. The first-order chi connectivity index (χ1) is 9.45. The largest absolute Gasteiger partial charge is 0.511 e. The van der Waals surface area contributed by atoms with Crippen molar-refractivity contribution in [2.75, 3.05) is 0 Å². The van der Waals surface area contributed by atoms with Gasteiger partial charge in [-0.3, -0.25) is 9.59 Å². The van der Waals surface area contributed by atoms with E-state index in [-0.39, 0.29) is 17.3 Å². The van der Waals surface area contributed by atoms with Gasteiger partial charge in [0, 0.05) is 0 Å². The number of aliphatic hydroxyl groups is 1. The van der Waals surface area contributed by atoms with Crippen LogP contribution in [-0.2, 0) is 4.79 Å². The lowest BCUT2D eigenvalue weighted by Gasteiger charge is -2.27. The van der Waals surface area contributed by atoms with Crippen molar-refractivity contribution in [2.24, 2.45) is 5.41 Å². The van der Waals surface area contributed by atoms with E-state index < -0.39 is 11.4 Å². The summed E-state index contributed by atoms with van der Waals surface area (Å²) >= 11 is 0. The Bertz CT molecular complexity index is 613. The molecule has 0 saturated carbocycles. The predicted molar refractivity (Wildman–Crippen MR) is 74.7 cm³/mol. The molecule has 4 heteroatoms. The normalized spacial score (nSPS) is 21.2. The van der Waals surface area contributed by atoms with Gasteiger partial charge in [0.25, 0.3) is 0 Å². The van der Waals surface area contributed by atoms with Gasteiger partial charge < -0.3 is 9.84 Å². The van der Waals surface area contributed by atoms with Crippen LogP contribution in [0.15, 0.2) is 48.3 Å². The van der Waals surface area contributed by atoms with Crippen LogP contribution >= 0.6 is 0 Å². The molecule has 0 heterocycles. The maximum Gasteiger partial charge on any atom is 0.325 e. The van der Waals surface area contributed by atoms with Crippen molar-refractivity contribution in [2.45, 2.75) is 20.3 Å². The molecule has 0 bridgehead atoms. The Morgan fingerprint density at radius 2 is 2.00 bits per heavy atom. The summed E-state index contributed by atoms with van der Waals surface area (Å²) in [6.45, 7) is 3.02. The molecule has 20 heavy (non-hydrogen) atoms. The van der Waals surface area contributed by atoms with Gasteiger partial charge in [0.15, 0.2) is 5.78 Å². The predicted octanol–water partition coefficient (Wildman–Crippen LogP) is 3.20. The fourth-order valence-corrected chi connectivity index (χ4v) is 2.00. The van der Waals surface area contributed by atoms with Gasteiger partial charge in [-0.05, 0) is 38.5 Å². The van der Waals surface area contributed by atoms with Crippen molar-refractivity contribution in [1.29, 1.82) is 0 Å². The summed E-state index contributed by atoms with van der Waals surface area (Å²) in [5.74, 6) is -0.579. The van der Waals surface area contributed by atoms with Gasteiger partial charge in [-0.2, -0.15) is 0 Å². The average Bonchev–Trinajstić information content (AvgIpc) is 2.42. The maximum absolute atomic E-state index is 12.3. The zero-order valence-electron chi connectivity index (χ0n) is 11.4. The lowest BCUT2D eigenvalue weighted by molar-refractivity contribution is -0.144. The lowest BCUT2D eigenvalue weighted by atomic mass is 9.82. The van der Waals surface area contributed by atoms with E-state index >= 15 is 0 Å². The minimum absolute atomic E-state index is 0.0368. The first kappa shape index (κ1) is 14.1. The fraction of sp³-hybridized carbons (Fsp3) is 0.250. The second-order valence-corrected chi connectivity index (χ2v) is 4.96. The molecule has 0 aromatic heterocycles. The Labute approximate surface area is 117 Å². The highest BCUT2D eigenvalue weighted by Gasteiger charge is 2.40. The molecular weight excluding hydrogens is 256 g/mol. The van der Waals surface area contributed by atoms with Gasteiger partial charge in [-0.15, -0.1) is 0 Å². The first-order valence-corrected chi connectivity index (χ1v) is 6.33. The van der Waals surface area contributed by atoms with Gasteiger partial charge >= 0.3 is 5.97 Å². The van der Waals surface area contributed by atoms with Crippen molar-refractivity contribution in [3.8, 4) is 5.75 Å². The first-order valence-electron chi connectivity index (χ1n) is 6.33. The molecule has 1 N–H and O–H groups in total. The minimum atomic E-state index is -1.11. The number of hydrogen-bond acceptors (Lipinski definition) is 4. The van der Waals surface area contributed by atoms with E-state index in [1.54, 1.807) is 43.3 Å². The molecule has 0 radical (unpaired) electrons. The van der Waals surface area contributed by atoms with Crippen LogP contribution in [0.1, 0.15) is 30.6 Å². The van der Waals surface area contributed by atoms with Gasteiger partial charge in [0.1, 0.15) is 16.9 Å². The fourth-order valence-electron chi connectivity index (χ4n) is 2.00. The van der Waals surface area contributed by atoms with Crippen LogP contribution in [0.4, 0.5) is 0 Å². The second kappa shape index (κ2) is 5.33. The van der Waals surface area contributed by atoms with Crippen LogP contribution in [-0.4, -0.2) is 16.9 Å². The number of ketones is 1. The van der Waals surface area contributed by atoms with Crippen LogP contribution in [0.3, 0.4) is 0 Å². The van der Waals surface area contributed by atoms with E-state index in [1.165, 1.54) is 13.0 Å². The van der Waals surface area contributed by atoms with Gasteiger partial charge in [0.2, 0.25) is 0 Å². The van der Waals surface area contributed by atoms with Gasteiger partial charge in [-0.25, -0.2) is 0 Å². The average molecular weight is 272 g/mol. The Balaban J connectivity index is 2.27. The minimum Gasteiger partial charge on any atom is -0.511 e. The Kier molecular flexibility index (Phi) is 3.74. The molecule has 1 aliphatic rings. The number of carbonyl (C=O) groups excluding carboxylic acids is 2. The van der Waals surface area contributed by atoms with Crippen LogP contribution < -0.4 is 4.74 Å². The molecule has 2 rings (SSSR count). The van der Waals surface area contributed by atoms with Crippen LogP contribution in [0.2, 0.25) is 0 Å². The quantitative estimate of drug-likeness (QED) is 0.521. The standard InChI is InChI=1S/C16H16O4/c1-11(17)12-7-3-4-8-13(12)20-15(19)16(2)10-6-5-9-14(16)18/h3-9,18H,10H2,1-2H3. The number of carbonyl (C=O) groups is 2. The maximum atomic E-state index is 12.3. The molecule has 0 fully saturated rings. The SMILES string of the molecule is CC(=O)c1ccccc1OC(=O)C1(C)CC=CC=C1O. The highest BCUT2D eigenvalue weighted by Crippen LogP contribution is 2.35. The third-order valence-corrected chi connectivity index (χ3v) is 3.40. The van der Waals surface area contributed by atoms with Crippen molar-refractivity contribution < 1.29 is 19.4 Å². The molecule has 1 atom stereocenters. The lowest BCUT2D eigenvalue weighted by Crippen LogP contribution is -2.34. The summed E-state index contributed by atoms with van der Waals surface area (Å²) in [6.07, 6.45) is 5.31. The highest BCUT2D eigenvalue weighted by molar-refractivity contribution is 5.97. The summed E-state index contributed by atoms with van der Waals surface area (Å²) in [7, 11) is 0. The Hall–Kier alpha value is -2.36. The third kappa shape index (κ3) is 2.50. The molecular formula is C16H16O4. The molecule has 1 aliphatic carbocycles. The topological polar surface area (TPSA) is 63.6 Å². The highest BCUT2D eigenvalue weighted by atomic mass is 16.5.